The van der Waals surface area contributed by atoms with Gasteiger partial charge in [0, 0.05) is 16.7 Å². The van der Waals surface area contributed by atoms with Gasteiger partial charge in [-0.2, -0.15) is 13.5 Å². The molecule has 0 fully saturated rings. The summed E-state index contributed by atoms with van der Waals surface area (Å²) < 4.78 is 30.0. The highest BCUT2D eigenvalue weighted by molar-refractivity contribution is 7.87. The van der Waals surface area contributed by atoms with Crippen molar-refractivity contribution in [2.75, 3.05) is 0 Å². The second kappa shape index (κ2) is 9.37. The summed E-state index contributed by atoms with van der Waals surface area (Å²) in [6, 6.07) is 17.0. The normalized spacial score (nSPS) is 11.3. The molecule has 0 aromatic heterocycles. The van der Waals surface area contributed by atoms with Crippen LogP contribution in [0.1, 0.15) is 15.9 Å². The highest BCUT2D eigenvalue weighted by atomic mass is 35.5. The van der Waals surface area contributed by atoms with Crippen molar-refractivity contribution in [3.63, 3.8) is 0 Å². The van der Waals surface area contributed by atoms with Gasteiger partial charge in [0.05, 0.1) is 11.1 Å². The van der Waals surface area contributed by atoms with Crippen LogP contribution in [0.3, 0.4) is 0 Å². The van der Waals surface area contributed by atoms with E-state index in [1.54, 1.807) is 24.3 Å². The number of nitro benzene ring substituents is 1. The van der Waals surface area contributed by atoms with E-state index < -0.39 is 31.5 Å². The highest BCUT2D eigenvalue weighted by Crippen LogP contribution is 2.26. The molecule has 11 heteroatoms. The zero-order chi connectivity index (χ0) is 22.4. The fourth-order valence-corrected chi connectivity index (χ4v) is 3.78. The molecule has 1 N–H and O–H groups in total. The molecule has 0 bridgehead atoms. The molecule has 158 valence electrons. The van der Waals surface area contributed by atoms with Gasteiger partial charge in [-0.15, -0.1) is 0 Å². The Balaban J connectivity index is 1.74. The first-order valence-electron chi connectivity index (χ1n) is 8.63. The van der Waals surface area contributed by atoms with Crippen molar-refractivity contribution in [2.45, 2.75) is 4.90 Å². The zero-order valence-electron chi connectivity index (χ0n) is 15.6. The van der Waals surface area contributed by atoms with E-state index in [0.29, 0.717) is 16.1 Å². The highest BCUT2D eigenvalue weighted by Gasteiger charge is 2.27. The van der Waals surface area contributed by atoms with Crippen LogP contribution in [0.15, 0.2) is 82.8 Å². The number of carbonyl (C=O) groups is 1. The molecule has 1 amide bonds. The summed E-state index contributed by atoms with van der Waals surface area (Å²) in [4.78, 5) is 21.8. The summed E-state index contributed by atoms with van der Waals surface area (Å²) >= 11 is 5.84. The van der Waals surface area contributed by atoms with Gasteiger partial charge in [-0.3, -0.25) is 14.9 Å². The van der Waals surface area contributed by atoms with Crippen LogP contribution in [0, 0.1) is 10.1 Å². The zero-order valence-corrected chi connectivity index (χ0v) is 17.2. The van der Waals surface area contributed by atoms with Crippen molar-refractivity contribution in [3.8, 4) is 5.75 Å². The van der Waals surface area contributed by atoms with E-state index >= 15 is 0 Å². The maximum absolute atomic E-state index is 12.5. The number of rotatable bonds is 7. The van der Waals surface area contributed by atoms with Gasteiger partial charge in [-0.25, -0.2) is 5.43 Å². The number of amides is 1. The van der Waals surface area contributed by atoms with Gasteiger partial charge in [0.15, 0.2) is 4.90 Å². The predicted octanol–water partition coefficient (Wildman–Crippen LogP) is 3.78. The van der Waals surface area contributed by atoms with E-state index in [1.807, 2.05) is 0 Å². The molecular weight excluding hydrogens is 446 g/mol. The molecule has 0 spiro atoms. The van der Waals surface area contributed by atoms with Crippen LogP contribution in [0.4, 0.5) is 5.69 Å². The number of nitrogens with zero attached hydrogens (tertiary/aromatic N) is 2. The maximum Gasteiger partial charge on any atom is 0.346 e. The molecule has 0 aliphatic carbocycles. The average Bonchev–Trinajstić information content (AvgIpc) is 2.73. The summed E-state index contributed by atoms with van der Waals surface area (Å²) in [5.41, 5.74) is 2.47. The molecular formula is C20H14ClN3O6S. The molecule has 0 aliphatic heterocycles. The summed E-state index contributed by atoms with van der Waals surface area (Å²) in [5, 5.41) is 15.3. The molecule has 0 radical (unpaired) electrons. The number of benzene rings is 3. The summed E-state index contributed by atoms with van der Waals surface area (Å²) in [6.07, 6.45) is 1.28. The van der Waals surface area contributed by atoms with Gasteiger partial charge in [0.2, 0.25) is 0 Å². The van der Waals surface area contributed by atoms with Gasteiger partial charge in [-0.05, 0) is 42.0 Å². The molecule has 3 aromatic carbocycles. The fourth-order valence-electron chi connectivity index (χ4n) is 2.50. The van der Waals surface area contributed by atoms with Gasteiger partial charge >= 0.3 is 10.1 Å². The van der Waals surface area contributed by atoms with E-state index in [1.165, 1.54) is 42.6 Å². The lowest BCUT2D eigenvalue weighted by atomic mass is 10.2. The minimum absolute atomic E-state index is 0.0803. The Hall–Kier alpha value is -3.76. The third-order valence-electron chi connectivity index (χ3n) is 3.86. The predicted molar refractivity (Wildman–Crippen MR) is 114 cm³/mol. The summed E-state index contributed by atoms with van der Waals surface area (Å²) in [6.45, 7) is 0. The van der Waals surface area contributed by atoms with Gasteiger partial charge in [0.1, 0.15) is 5.75 Å². The molecule has 0 unspecified atom stereocenters. The van der Waals surface area contributed by atoms with Gasteiger partial charge < -0.3 is 4.18 Å². The topological polar surface area (TPSA) is 128 Å². The number of halogens is 1. The van der Waals surface area contributed by atoms with Gasteiger partial charge in [0.25, 0.3) is 11.6 Å². The number of hydrogen-bond donors (Lipinski definition) is 1. The van der Waals surface area contributed by atoms with Crippen molar-refractivity contribution in [3.05, 3.63) is 99.1 Å². The van der Waals surface area contributed by atoms with Crippen LogP contribution in [0.2, 0.25) is 5.02 Å². The van der Waals surface area contributed by atoms with E-state index in [-0.39, 0.29) is 5.75 Å². The van der Waals surface area contributed by atoms with E-state index in [2.05, 4.69) is 10.5 Å². The molecule has 9 nitrogen and oxygen atoms in total. The van der Waals surface area contributed by atoms with E-state index in [4.69, 9.17) is 15.8 Å². The number of para-hydroxylation sites is 1. The number of nitro groups is 1. The lowest BCUT2D eigenvalue weighted by molar-refractivity contribution is -0.387. The van der Waals surface area contributed by atoms with Crippen molar-refractivity contribution >= 4 is 39.5 Å². The number of hydrogen-bond acceptors (Lipinski definition) is 7. The van der Waals surface area contributed by atoms with Crippen molar-refractivity contribution in [2.24, 2.45) is 5.10 Å². The third kappa shape index (κ3) is 5.65. The quantitative estimate of drug-likeness (QED) is 0.248. The molecule has 3 aromatic rings. The van der Waals surface area contributed by atoms with Crippen LogP contribution in [-0.4, -0.2) is 25.5 Å². The van der Waals surface area contributed by atoms with Crippen molar-refractivity contribution in [1.82, 2.24) is 5.43 Å². The van der Waals surface area contributed by atoms with Crippen LogP contribution < -0.4 is 9.61 Å². The molecule has 0 heterocycles. The standard InChI is InChI=1S/C20H14ClN3O6S/c21-16-7-4-6-15(12-16)20(25)23-22-13-14-5-3-8-17(11-14)30-31(28,29)19-10-2-1-9-18(19)24(26)27/h1-13H,(H,23,25)/b22-13-. The minimum atomic E-state index is -4.45. The number of carbonyl (C=O) groups excluding carboxylic acids is 1. The van der Waals surface area contributed by atoms with Crippen molar-refractivity contribution in [1.29, 1.82) is 0 Å². The van der Waals surface area contributed by atoms with Gasteiger partial charge in [-0.1, -0.05) is 41.9 Å². The monoisotopic (exact) mass is 459 g/mol. The molecule has 0 saturated carbocycles. The Labute approximate surface area is 182 Å². The second-order valence-corrected chi connectivity index (χ2v) is 8.00. The SMILES string of the molecule is O=C(N/N=C\c1cccc(OS(=O)(=O)c2ccccc2[N+](=O)[O-])c1)c1cccc(Cl)c1. The Kier molecular flexibility index (Phi) is 6.63. The average molecular weight is 460 g/mol. The number of hydrazone groups is 1. The molecule has 31 heavy (non-hydrogen) atoms. The molecule has 3 rings (SSSR count). The molecule has 0 aliphatic rings. The first kappa shape index (κ1) is 21.9. The Bertz CT molecular complexity index is 1280. The fraction of sp³-hybridized carbons (Fsp3) is 0. The van der Waals surface area contributed by atoms with E-state index in [9.17, 15) is 23.3 Å². The third-order valence-corrected chi connectivity index (χ3v) is 5.39. The molecule has 0 saturated heterocycles. The Morgan fingerprint density at radius 3 is 2.55 bits per heavy atom. The van der Waals surface area contributed by atoms with Crippen LogP contribution in [-0.2, 0) is 10.1 Å². The number of nitrogens with one attached hydrogen (secondary N) is 1. The second-order valence-electron chi connectivity index (χ2n) is 6.04. The largest absolute Gasteiger partial charge is 0.379 e. The summed E-state index contributed by atoms with van der Waals surface area (Å²) in [5.74, 6) is -0.562. The molecule has 0 atom stereocenters. The smallest absolute Gasteiger partial charge is 0.346 e. The van der Waals surface area contributed by atoms with Crippen LogP contribution >= 0.6 is 11.6 Å². The first-order chi connectivity index (χ1) is 14.8. The lowest BCUT2D eigenvalue weighted by Gasteiger charge is -2.08. The summed E-state index contributed by atoms with van der Waals surface area (Å²) in [7, 11) is -4.45. The Morgan fingerprint density at radius 2 is 1.81 bits per heavy atom. The maximum atomic E-state index is 12.5. The lowest BCUT2D eigenvalue weighted by Crippen LogP contribution is -2.17. The van der Waals surface area contributed by atoms with Crippen molar-refractivity contribution < 1.29 is 22.3 Å². The first-order valence-corrected chi connectivity index (χ1v) is 10.4. The van der Waals surface area contributed by atoms with E-state index in [0.717, 1.165) is 12.1 Å². The van der Waals surface area contributed by atoms with Crippen LogP contribution in [0.5, 0.6) is 5.75 Å². The van der Waals surface area contributed by atoms with Crippen LogP contribution in [0.25, 0.3) is 0 Å². The Morgan fingerprint density at radius 1 is 1.06 bits per heavy atom. The minimum Gasteiger partial charge on any atom is -0.379 e.